The lowest BCUT2D eigenvalue weighted by molar-refractivity contribution is -0.137. The molecule has 7 heteroatoms. The number of nitrogens with two attached hydrogens (primary N) is 1. The van der Waals surface area contributed by atoms with Gasteiger partial charge in [-0.25, -0.2) is 0 Å². The summed E-state index contributed by atoms with van der Waals surface area (Å²) in [7, 11) is 0. The van der Waals surface area contributed by atoms with E-state index in [4.69, 9.17) is 15.6 Å². The molecule has 1 aliphatic rings. The molecule has 0 aliphatic carbocycles. The van der Waals surface area contributed by atoms with Crippen molar-refractivity contribution < 1.29 is 24.5 Å². The molecule has 98 valence electrons. The van der Waals surface area contributed by atoms with E-state index in [9.17, 15) is 14.7 Å². The molecule has 1 saturated heterocycles. The topological polar surface area (TPSA) is 122 Å². The summed E-state index contributed by atoms with van der Waals surface area (Å²) >= 11 is 0. The van der Waals surface area contributed by atoms with Gasteiger partial charge in [0.15, 0.2) is 0 Å². The van der Waals surface area contributed by atoms with E-state index in [-0.39, 0.29) is 26.0 Å². The number of carbonyl (C=O) groups excluding carboxylic acids is 1. The van der Waals surface area contributed by atoms with Gasteiger partial charge in [0.1, 0.15) is 5.60 Å². The number of ether oxygens (including phenoxy) is 1. The van der Waals surface area contributed by atoms with Crippen molar-refractivity contribution >= 4 is 11.9 Å². The molecule has 7 nitrogen and oxygen atoms in total. The third-order valence-corrected chi connectivity index (χ3v) is 2.68. The van der Waals surface area contributed by atoms with Crippen LogP contribution in [0.5, 0.6) is 0 Å². The molecule has 1 heterocycles. The fourth-order valence-corrected chi connectivity index (χ4v) is 1.53. The first kappa shape index (κ1) is 13.9. The van der Waals surface area contributed by atoms with Crippen molar-refractivity contribution in [3.63, 3.8) is 0 Å². The summed E-state index contributed by atoms with van der Waals surface area (Å²) in [6, 6.07) is -0.864. The summed E-state index contributed by atoms with van der Waals surface area (Å²) in [5.74, 6) is -1.44. The van der Waals surface area contributed by atoms with E-state index in [2.05, 4.69) is 5.32 Å². The van der Waals surface area contributed by atoms with Crippen LogP contribution >= 0.6 is 0 Å². The molecule has 2 atom stereocenters. The average Bonchev–Trinajstić information content (AvgIpc) is 2.70. The van der Waals surface area contributed by atoms with E-state index in [0.29, 0.717) is 13.0 Å². The maximum atomic E-state index is 11.5. The van der Waals surface area contributed by atoms with Gasteiger partial charge in [0, 0.05) is 26.0 Å². The van der Waals surface area contributed by atoms with Crippen LogP contribution < -0.4 is 11.1 Å². The first-order chi connectivity index (χ1) is 7.93. The van der Waals surface area contributed by atoms with Gasteiger partial charge in [0.05, 0.1) is 12.6 Å². The molecule has 1 fully saturated rings. The second-order valence-electron chi connectivity index (χ2n) is 4.28. The number of carbonyl (C=O) groups is 2. The third kappa shape index (κ3) is 4.68. The molecule has 1 rings (SSSR count). The molecule has 0 radical (unpaired) electrons. The van der Waals surface area contributed by atoms with Gasteiger partial charge in [0.25, 0.3) is 0 Å². The van der Waals surface area contributed by atoms with Crippen LogP contribution in [-0.2, 0) is 14.3 Å². The van der Waals surface area contributed by atoms with Crippen LogP contribution in [0.4, 0.5) is 0 Å². The third-order valence-electron chi connectivity index (χ3n) is 2.68. The number of aliphatic carboxylic acids is 1. The van der Waals surface area contributed by atoms with Crippen LogP contribution in [0.1, 0.15) is 19.3 Å². The van der Waals surface area contributed by atoms with E-state index >= 15 is 0 Å². The Balaban J connectivity index is 2.26. The van der Waals surface area contributed by atoms with Gasteiger partial charge < -0.3 is 26.0 Å². The number of carboxylic acids is 1. The number of carboxylic acid groups (broad SMARTS) is 1. The molecular weight excluding hydrogens is 228 g/mol. The van der Waals surface area contributed by atoms with Gasteiger partial charge in [-0.15, -0.1) is 0 Å². The Labute approximate surface area is 98.9 Å². The Kier molecular flexibility index (Phi) is 4.86. The number of amides is 1. The summed E-state index contributed by atoms with van der Waals surface area (Å²) in [6.07, 6.45) is 0.399. The van der Waals surface area contributed by atoms with Crippen LogP contribution in [0.3, 0.4) is 0 Å². The summed E-state index contributed by atoms with van der Waals surface area (Å²) in [5.41, 5.74) is 4.48. The van der Waals surface area contributed by atoms with Crippen molar-refractivity contribution in [3.8, 4) is 0 Å². The number of hydrogen-bond acceptors (Lipinski definition) is 5. The summed E-state index contributed by atoms with van der Waals surface area (Å²) in [4.78, 5) is 21.8. The van der Waals surface area contributed by atoms with Crippen LogP contribution in [-0.4, -0.2) is 53.5 Å². The fourth-order valence-electron chi connectivity index (χ4n) is 1.53. The molecule has 17 heavy (non-hydrogen) atoms. The highest BCUT2D eigenvalue weighted by molar-refractivity contribution is 5.82. The number of rotatable bonds is 6. The smallest absolute Gasteiger partial charge is 0.303 e. The normalized spacial score (nSPS) is 25.5. The Hall–Kier alpha value is -1.18. The fraction of sp³-hybridized carbons (Fsp3) is 0.800. The Morgan fingerprint density at radius 3 is 2.76 bits per heavy atom. The van der Waals surface area contributed by atoms with E-state index in [0.717, 1.165) is 0 Å². The van der Waals surface area contributed by atoms with Crippen LogP contribution in [0.25, 0.3) is 0 Å². The first-order valence-corrected chi connectivity index (χ1v) is 5.48. The summed E-state index contributed by atoms with van der Waals surface area (Å²) in [6.45, 7) is 0.738. The maximum Gasteiger partial charge on any atom is 0.303 e. The van der Waals surface area contributed by atoms with Crippen molar-refractivity contribution in [2.24, 2.45) is 5.73 Å². The van der Waals surface area contributed by atoms with Crippen molar-refractivity contribution in [3.05, 3.63) is 0 Å². The summed E-state index contributed by atoms with van der Waals surface area (Å²) in [5, 5.41) is 20.8. The maximum absolute atomic E-state index is 11.5. The lowest BCUT2D eigenvalue weighted by Gasteiger charge is -2.21. The Morgan fingerprint density at radius 2 is 2.24 bits per heavy atom. The van der Waals surface area contributed by atoms with E-state index in [1.165, 1.54) is 0 Å². The molecule has 2 unspecified atom stereocenters. The first-order valence-electron chi connectivity index (χ1n) is 5.48. The van der Waals surface area contributed by atoms with Crippen LogP contribution in [0.15, 0.2) is 0 Å². The quantitative estimate of drug-likeness (QED) is 0.450. The average molecular weight is 246 g/mol. The summed E-state index contributed by atoms with van der Waals surface area (Å²) < 4.78 is 5.02. The van der Waals surface area contributed by atoms with Crippen molar-refractivity contribution in [1.82, 2.24) is 5.32 Å². The highest BCUT2D eigenvalue weighted by Gasteiger charge is 2.32. The Bertz CT molecular complexity index is 288. The minimum atomic E-state index is -1.03. The van der Waals surface area contributed by atoms with Crippen molar-refractivity contribution in [2.45, 2.75) is 30.9 Å². The largest absolute Gasteiger partial charge is 0.481 e. The lowest BCUT2D eigenvalue weighted by Crippen LogP contribution is -2.48. The molecule has 0 aromatic carbocycles. The second kappa shape index (κ2) is 5.95. The molecule has 0 bridgehead atoms. The molecule has 0 aromatic rings. The second-order valence-corrected chi connectivity index (χ2v) is 4.28. The molecule has 1 amide bonds. The van der Waals surface area contributed by atoms with Gasteiger partial charge >= 0.3 is 5.97 Å². The molecule has 0 saturated carbocycles. The molecule has 0 spiro atoms. The van der Waals surface area contributed by atoms with Gasteiger partial charge in [-0.05, 0) is 6.42 Å². The molecule has 1 aliphatic heterocycles. The Morgan fingerprint density at radius 1 is 1.53 bits per heavy atom. The predicted octanol–water partition coefficient (Wildman–Crippen LogP) is -1.55. The van der Waals surface area contributed by atoms with E-state index in [1.54, 1.807) is 0 Å². The lowest BCUT2D eigenvalue weighted by atomic mass is 10.0. The highest BCUT2D eigenvalue weighted by atomic mass is 16.5. The van der Waals surface area contributed by atoms with Crippen LogP contribution in [0, 0.1) is 0 Å². The van der Waals surface area contributed by atoms with Gasteiger partial charge in [-0.1, -0.05) is 0 Å². The van der Waals surface area contributed by atoms with Crippen molar-refractivity contribution in [1.29, 1.82) is 0 Å². The van der Waals surface area contributed by atoms with Gasteiger partial charge in [-0.2, -0.15) is 0 Å². The molecule has 5 N–H and O–H groups in total. The molecule has 0 aromatic heterocycles. The van der Waals surface area contributed by atoms with Gasteiger partial charge in [0.2, 0.25) is 5.91 Å². The van der Waals surface area contributed by atoms with Crippen LogP contribution in [0.2, 0.25) is 0 Å². The van der Waals surface area contributed by atoms with Gasteiger partial charge in [-0.3, -0.25) is 9.59 Å². The number of nitrogens with one attached hydrogen (secondary N) is 1. The SMILES string of the molecule is NC(CCC(=O)O)C(=O)NCC1(O)CCOC1. The molecular formula is C10H18N2O5. The monoisotopic (exact) mass is 246 g/mol. The zero-order valence-corrected chi connectivity index (χ0v) is 9.52. The minimum Gasteiger partial charge on any atom is -0.481 e. The number of hydrogen-bond donors (Lipinski definition) is 4. The highest BCUT2D eigenvalue weighted by Crippen LogP contribution is 2.16. The van der Waals surface area contributed by atoms with E-state index in [1.807, 2.05) is 0 Å². The van der Waals surface area contributed by atoms with Crippen molar-refractivity contribution in [2.75, 3.05) is 19.8 Å². The zero-order valence-electron chi connectivity index (χ0n) is 9.52. The predicted molar refractivity (Wildman–Crippen MR) is 58.2 cm³/mol. The standard InChI is InChI=1S/C10H18N2O5/c11-7(1-2-8(13)14)9(15)12-5-10(16)3-4-17-6-10/h7,16H,1-6,11H2,(H,12,15)(H,13,14). The zero-order chi connectivity index (χ0) is 12.9. The van der Waals surface area contributed by atoms with E-state index < -0.39 is 23.5 Å². The number of aliphatic hydroxyl groups is 1. The minimum absolute atomic E-state index is 0.0760.